The molecule has 0 aliphatic carbocycles. The number of H-pyrrole nitrogens is 2. The summed E-state index contributed by atoms with van der Waals surface area (Å²) in [6.07, 6.45) is 5.01. The molecule has 0 radical (unpaired) electrons. The zero-order chi connectivity index (χ0) is 37.6. The number of carbonyl (C=O) groups is 2. The molecule has 5 heterocycles. The number of carbonyl (C=O) groups excluding carboxylic acids is 2. The van der Waals surface area contributed by atoms with E-state index >= 15 is 0 Å². The van der Waals surface area contributed by atoms with Gasteiger partial charge in [-0.2, -0.15) is 0 Å². The monoisotopic (exact) mass is 710 g/mol. The van der Waals surface area contributed by atoms with E-state index in [1.54, 1.807) is 0 Å². The fourth-order valence-electron chi connectivity index (χ4n) is 8.87. The zero-order valence-electron chi connectivity index (χ0n) is 32.3. The van der Waals surface area contributed by atoms with Gasteiger partial charge in [0.2, 0.25) is 0 Å². The molecule has 0 fully saturated rings. The van der Waals surface area contributed by atoms with E-state index in [1.165, 1.54) is 41.7 Å². The minimum atomic E-state index is -0.295. The van der Waals surface area contributed by atoms with Crippen LogP contribution in [0.3, 0.4) is 0 Å². The van der Waals surface area contributed by atoms with Crippen molar-refractivity contribution in [2.24, 2.45) is 0 Å². The Hall–Kier alpha value is -5.24. The highest BCUT2D eigenvalue weighted by Crippen LogP contribution is 2.48. The van der Waals surface area contributed by atoms with Crippen molar-refractivity contribution in [1.29, 1.82) is 0 Å². The van der Waals surface area contributed by atoms with Crippen LogP contribution in [0.2, 0.25) is 0 Å². The largest absolute Gasteiger partial charge is 0.469 e. The Kier molecular flexibility index (Phi) is 9.75. The smallest absolute Gasteiger partial charge is 0.305 e. The molecule has 0 spiro atoms. The lowest BCUT2D eigenvalue weighted by atomic mass is 9.73. The molecule has 8 nitrogen and oxygen atoms in total. The van der Waals surface area contributed by atoms with Crippen LogP contribution in [0.25, 0.3) is 54.9 Å². The highest BCUT2D eigenvalue weighted by Gasteiger charge is 2.39. The number of nitrogens with one attached hydrogen (secondary N) is 2. The number of allylic oxidation sites excluding steroid dienone is 2. The first kappa shape index (κ1) is 36.1. The number of nitrogens with zero attached hydrogens (tertiary/aromatic N) is 2. The molecule has 2 N–H and O–H groups in total. The van der Waals surface area contributed by atoms with Crippen LogP contribution in [0.15, 0.2) is 48.5 Å². The molecule has 0 saturated carbocycles. The van der Waals surface area contributed by atoms with Crippen molar-refractivity contribution in [3.63, 3.8) is 0 Å². The summed E-state index contributed by atoms with van der Waals surface area (Å²) in [6.45, 7) is 13.2. The van der Waals surface area contributed by atoms with Gasteiger partial charge < -0.3 is 19.4 Å². The maximum atomic E-state index is 12.4. The average molecular weight is 711 g/mol. The summed E-state index contributed by atoms with van der Waals surface area (Å²) in [5.41, 5.74) is 15.4. The Labute approximate surface area is 311 Å². The van der Waals surface area contributed by atoms with Crippen molar-refractivity contribution in [1.82, 2.24) is 19.9 Å². The molecule has 0 saturated heterocycles. The molecular weight excluding hydrogens is 661 g/mol. The second-order valence-electron chi connectivity index (χ2n) is 14.4. The van der Waals surface area contributed by atoms with E-state index < -0.39 is 0 Å². The van der Waals surface area contributed by atoms with Crippen molar-refractivity contribution in [3.8, 4) is 0 Å². The fourth-order valence-corrected chi connectivity index (χ4v) is 8.87. The summed E-state index contributed by atoms with van der Waals surface area (Å²) in [5.74, 6) is -0.517. The van der Waals surface area contributed by atoms with Crippen molar-refractivity contribution in [2.75, 3.05) is 14.2 Å². The summed E-state index contributed by atoms with van der Waals surface area (Å²) >= 11 is 0. The molecule has 5 aromatic rings. The number of benzene rings is 2. The topological polar surface area (TPSA) is 110 Å². The first-order valence-corrected chi connectivity index (χ1v) is 19.1. The molecule has 7 rings (SSSR count). The average Bonchev–Trinajstić information content (AvgIpc) is 3.86. The number of hydrogen-bond donors (Lipinski definition) is 2. The third kappa shape index (κ3) is 5.92. The number of fused-ring (bicyclic) bond motifs is 10. The molecule has 8 heteroatoms. The number of aromatic amines is 2. The summed E-state index contributed by atoms with van der Waals surface area (Å²) in [5, 5.41) is 3.53. The van der Waals surface area contributed by atoms with Gasteiger partial charge in [-0.05, 0) is 126 Å². The Bertz CT molecular complexity index is 2500. The second kappa shape index (κ2) is 14.3. The van der Waals surface area contributed by atoms with Crippen LogP contribution < -0.4 is 0 Å². The molecule has 2 aliphatic rings. The van der Waals surface area contributed by atoms with Crippen molar-refractivity contribution in [2.45, 2.75) is 98.3 Å². The lowest BCUT2D eigenvalue weighted by Crippen LogP contribution is -2.23. The predicted molar refractivity (Wildman–Crippen MR) is 215 cm³/mol. The molecule has 2 aromatic carbocycles. The minimum Gasteiger partial charge on any atom is -0.469 e. The van der Waals surface area contributed by atoms with Gasteiger partial charge in [-0.25, -0.2) is 4.98 Å². The van der Waals surface area contributed by atoms with Gasteiger partial charge in [0.05, 0.1) is 42.3 Å². The van der Waals surface area contributed by atoms with Gasteiger partial charge in [0.25, 0.3) is 0 Å². The van der Waals surface area contributed by atoms with Crippen molar-refractivity contribution < 1.29 is 19.1 Å². The molecule has 3 aromatic heterocycles. The van der Waals surface area contributed by atoms with Gasteiger partial charge in [-0.1, -0.05) is 52.0 Å². The summed E-state index contributed by atoms with van der Waals surface area (Å²) in [4.78, 5) is 43.4. The number of aryl methyl sites for hydroxylation is 4. The number of esters is 2. The Morgan fingerprint density at radius 1 is 0.736 bits per heavy atom. The molecule has 0 unspecified atom stereocenters. The summed E-state index contributed by atoms with van der Waals surface area (Å²) in [6, 6.07) is 17.6. The van der Waals surface area contributed by atoms with Crippen LogP contribution in [0.5, 0.6) is 0 Å². The van der Waals surface area contributed by atoms with Crippen LogP contribution in [-0.2, 0) is 43.7 Å². The molecule has 2 aliphatic heterocycles. The predicted octanol–water partition coefficient (Wildman–Crippen LogP) is 10.2. The lowest BCUT2D eigenvalue weighted by Gasteiger charge is -2.28. The van der Waals surface area contributed by atoms with Gasteiger partial charge in [0.1, 0.15) is 0 Å². The normalized spacial score (nSPS) is 13.7. The first-order chi connectivity index (χ1) is 25.6. The van der Waals surface area contributed by atoms with Gasteiger partial charge in [0, 0.05) is 40.2 Å². The fraction of sp³-hybridized carbons (Fsp3) is 0.378. The molecular formula is C45H50N4O4. The van der Waals surface area contributed by atoms with E-state index in [4.69, 9.17) is 19.4 Å². The number of rotatable bonds is 10. The highest BCUT2D eigenvalue weighted by atomic mass is 16.5. The summed E-state index contributed by atoms with van der Waals surface area (Å²) < 4.78 is 10.1. The quantitative estimate of drug-likeness (QED) is 0.140. The third-order valence-corrected chi connectivity index (χ3v) is 12.0. The molecule has 0 amide bonds. The Morgan fingerprint density at radius 3 is 2.08 bits per heavy atom. The van der Waals surface area contributed by atoms with Crippen LogP contribution in [0, 0.1) is 6.92 Å². The lowest BCUT2D eigenvalue weighted by molar-refractivity contribution is -0.141. The maximum absolute atomic E-state index is 12.4. The zero-order valence-corrected chi connectivity index (χ0v) is 32.3. The van der Waals surface area contributed by atoms with Gasteiger partial charge in [0.15, 0.2) is 0 Å². The van der Waals surface area contributed by atoms with E-state index in [9.17, 15) is 9.59 Å². The minimum absolute atomic E-state index is 0.246. The standard InChI is InChI=1S/C45H50N4O4/c1-9-28-29(10-2)43-42-32-16-14-13-15-27(32)21-33-44(42)49-39(45(33,11-3)12-4)24-35-26(6)31(18-20-41(51)53-8)38(47-35)23-37-30(17-19-40(50)52-7)25(5)34(46-37)22-36(28)48-43/h13-16,21-24,47-48H,9-12,17-20H2,1-8H3. The third-order valence-electron chi connectivity index (χ3n) is 12.0. The SMILES string of the molecule is CCc1c(CC)c2[nH]c1cc1nc(cc3[nH]c(cc4nc5c(cc6ccccc6c52)C4(CC)CC)c(C)c3CCC(=O)OC)C(CCC(=O)OC)=C1C. The molecule has 53 heavy (non-hydrogen) atoms. The molecule has 8 bridgehead atoms. The van der Waals surface area contributed by atoms with Gasteiger partial charge >= 0.3 is 11.9 Å². The number of methoxy groups -OCH3 is 2. The van der Waals surface area contributed by atoms with Crippen LogP contribution >= 0.6 is 0 Å². The van der Waals surface area contributed by atoms with Crippen molar-refractivity contribution >= 4 is 66.8 Å². The Morgan fingerprint density at radius 2 is 1.40 bits per heavy atom. The number of hydrogen-bond acceptors (Lipinski definition) is 6. The van der Waals surface area contributed by atoms with E-state index in [0.717, 1.165) is 98.0 Å². The second-order valence-corrected chi connectivity index (χ2v) is 14.4. The van der Waals surface area contributed by atoms with Crippen LogP contribution in [-0.4, -0.2) is 46.1 Å². The highest BCUT2D eigenvalue weighted by molar-refractivity contribution is 6.16. The van der Waals surface area contributed by atoms with Crippen molar-refractivity contribution in [3.05, 3.63) is 93.4 Å². The molecule has 0 atom stereocenters. The first-order valence-electron chi connectivity index (χ1n) is 19.1. The van der Waals surface area contributed by atoms with E-state index in [2.05, 4.69) is 100 Å². The van der Waals surface area contributed by atoms with Gasteiger partial charge in [-0.3, -0.25) is 14.6 Å². The van der Waals surface area contributed by atoms with E-state index in [-0.39, 0.29) is 30.2 Å². The van der Waals surface area contributed by atoms with Gasteiger partial charge in [-0.15, -0.1) is 0 Å². The maximum Gasteiger partial charge on any atom is 0.305 e. The van der Waals surface area contributed by atoms with Crippen LogP contribution in [0.4, 0.5) is 0 Å². The summed E-state index contributed by atoms with van der Waals surface area (Å²) in [7, 11) is 2.85. The van der Waals surface area contributed by atoms with Crippen LogP contribution in [0.1, 0.15) is 112 Å². The van der Waals surface area contributed by atoms with E-state index in [1.807, 2.05) is 0 Å². The number of aromatic nitrogens is 4. The Balaban J connectivity index is 1.70. The molecule has 274 valence electrons. The van der Waals surface area contributed by atoms with E-state index in [0.29, 0.717) is 12.8 Å². The number of ether oxygens (including phenoxy) is 2.